The lowest BCUT2D eigenvalue weighted by atomic mass is 9.80. The molecule has 0 saturated carbocycles. The molecule has 3 aromatic carbocycles. The van der Waals surface area contributed by atoms with Gasteiger partial charge in [0.05, 0.1) is 49.7 Å². The minimum absolute atomic E-state index is 0.0303. The number of ether oxygens (including phenoxy) is 4. The molecule has 1 aliphatic heterocycles. The van der Waals surface area contributed by atoms with Gasteiger partial charge in [0.2, 0.25) is 5.91 Å². The fourth-order valence-corrected chi connectivity index (χ4v) is 8.86. The monoisotopic (exact) mass is 906 g/mol. The molecule has 4 aromatic heterocycles. The number of carbonyl (C=O) groups is 1. The van der Waals surface area contributed by atoms with Crippen LogP contribution in [0.4, 0.5) is 0 Å². The number of aromatic nitrogens is 5. The Bertz CT molecular complexity index is 2710. The highest BCUT2D eigenvalue weighted by Gasteiger charge is 2.42. The standard InChI is InChI=1S/C51H50N6O8S/c1-62-38-20-16-36(17-21-38)51(35-11-4-3-5-12-35,37-18-22-39(63-2)23-19-37)64-33-46-45(58)31-48(65-46)57-32-34(49(60)56-50(57)61)15-24-47(59)54-27-10-28-66-40-29-43(41-13-6-8-25-52-41)55-44(30-40)42-14-7-9-26-53-42/h3-9,11-14,16-23,25-26,29-30,32,45-46,48,58H,10,15,24,27-28,31,33H2,1-2H3,(H,54,59)(H,56,60,61)/t45-,46+,48+/m0/s1. The molecule has 66 heavy (non-hydrogen) atoms. The molecule has 8 rings (SSSR count). The van der Waals surface area contributed by atoms with Crippen molar-refractivity contribution in [3.05, 3.63) is 189 Å². The number of aliphatic hydroxyl groups is 1. The van der Waals surface area contributed by atoms with Crippen LogP contribution in [0, 0.1) is 0 Å². The highest BCUT2D eigenvalue weighted by Crippen LogP contribution is 2.43. The molecule has 0 spiro atoms. The largest absolute Gasteiger partial charge is 0.497 e. The van der Waals surface area contributed by atoms with E-state index in [9.17, 15) is 19.5 Å². The van der Waals surface area contributed by atoms with Crippen LogP contribution < -0.4 is 26.0 Å². The summed E-state index contributed by atoms with van der Waals surface area (Å²) in [7, 11) is 3.21. The summed E-state index contributed by atoms with van der Waals surface area (Å²) >= 11 is 1.65. The van der Waals surface area contributed by atoms with Gasteiger partial charge in [0.15, 0.2) is 0 Å². The molecule has 0 unspecified atom stereocenters. The maximum atomic E-state index is 13.2. The van der Waals surface area contributed by atoms with Crippen LogP contribution in [-0.2, 0) is 26.3 Å². The topological polar surface area (TPSA) is 180 Å². The van der Waals surface area contributed by atoms with E-state index >= 15 is 0 Å². The van der Waals surface area contributed by atoms with Crippen molar-refractivity contribution in [1.29, 1.82) is 0 Å². The van der Waals surface area contributed by atoms with Crippen molar-refractivity contribution in [3.63, 3.8) is 0 Å². The van der Waals surface area contributed by atoms with Crippen LogP contribution in [-0.4, -0.2) is 80.8 Å². The Kier molecular flexibility index (Phi) is 14.8. The van der Waals surface area contributed by atoms with E-state index in [0.29, 0.717) is 24.5 Å². The molecule has 3 atom stereocenters. The zero-order valence-electron chi connectivity index (χ0n) is 36.5. The number of nitrogens with zero attached hydrogens (tertiary/aromatic N) is 4. The number of pyridine rings is 3. The van der Waals surface area contributed by atoms with Gasteiger partial charge in [-0.15, -0.1) is 11.8 Å². The Hall–Kier alpha value is -6.91. The summed E-state index contributed by atoms with van der Waals surface area (Å²) < 4.78 is 25.5. The van der Waals surface area contributed by atoms with E-state index < -0.39 is 35.3 Å². The predicted octanol–water partition coefficient (Wildman–Crippen LogP) is 6.96. The third-order valence-corrected chi connectivity index (χ3v) is 12.4. The highest BCUT2D eigenvalue weighted by atomic mass is 32.2. The van der Waals surface area contributed by atoms with Crippen LogP contribution in [0.15, 0.2) is 160 Å². The van der Waals surface area contributed by atoms with Crippen LogP contribution >= 0.6 is 11.8 Å². The van der Waals surface area contributed by atoms with Crippen molar-refractivity contribution < 1.29 is 28.8 Å². The number of aryl methyl sites for hydroxylation is 1. The highest BCUT2D eigenvalue weighted by molar-refractivity contribution is 7.99. The summed E-state index contributed by atoms with van der Waals surface area (Å²) in [5.74, 6) is 1.86. The van der Waals surface area contributed by atoms with Crippen molar-refractivity contribution in [2.75, 3.05) is 33.1 Å². The molecule has 338 valence electrons. The van der Waals surface area contributed by atoms with Crippen molar-refractivity contribution >= 4 is 17.7 Å². The lowest BCUT2D eigenvalue weighted by Crippen LogP contribution is -2.38. The first-order valence-corrected chi connectivity index (χ1v) is 22.6. The molecule has 1 saturated heterocycles. The second-order valence-corrected chi connectivity index (χ2v) is 16.8. The quantitative estimate of drug-likeness (QED) is 0.0432. The second-order valence-electron chi connectivity index (χ2n) is 15.6. The third-order valence-electron chi connectivity index (χ3n) is 11.4. The van der Waals surface area contributed by atoms with Gasteiger partial charge in [-0.1, -0.05) is 66.7 Å². The number of hydrogen-bond donors (Lipinski definition) is 3. The van der Waals surface area contributed by atoms with Crippen LogP contribution in [0.3, 0.4) is 0 Å². The van der Waals surface area contributed by atoms with Crippen LogP contribution in [0.1, 0.15) is 47.7 Å². The van der Waals surface area contributed by atoms with Crippen molar-refractivity contribution in [3.8, 4) is 34.3 Å². The van der Waals surface area contributed by atoms with E-state index in [0.717, 1.165) is 50.1 Å². The van der Waals surface area contributed by atoms with E-state index in [1.165, 1.54) is 10.8 Å². The molecule has 7 aromatic rings. The molecular weight excluding hydrogens is 857 g/mol. The average molecular weight is 907 g/mol. The Labute approximate surface area is 386 Å². The van der Waals surface area contributed by atoms with Crippen LogP contribution in [0.2, 0.25) is 0 Å². The minimum Gasteiger partial charge on any atom is -0.497 e. The van der Waals surface area contributed by atoms with E-state index in [-0.39, 0.29) is 37.3 Å². The summed E-state index contributed by atoms with van der Waals surface area (Å²) in [5, 5.41) is 14.3. The number of rotatable bonds is 19. The molecule has 1 fully saturated rings. The van der Waals surface area contributed by atoms with E-state index in [1.807, 2.05) is 127 Å². The lowest BCUT2D eigenvalue weighted by Gasteiger charge is -2.37. The number of amides is 1. The summed E-state index contributed by atoms with van der Waals surface area (Å²) in [6, 6.07) is 40.4. The fraction of sp³-hybridized carbons (Fsp3) is 0.255. The SMILES string of the molecule is COc1ccc(C(OC[C@H]2O[C@@H](n3cc(CCC(=O)NCCCSc4cc(-c5ccccn5)nc(-c5ccccn5)c4)c(=O)[nH]c3=O)C[C@@H]2O)(c2ccccc2)c2ccc(OC)cc2)cc1. The first kappa shape index (κ1) is 45.7. The Balaban J connectivity index is 0.895. The Morgan fingerprint density at radius 1 is 0.818 bits per heavy atom. The van der Waals surface area contributed by atoms with Gasteiger partial charge in [-0.25, -0.2) is 9.78 Å². The smallest absolute Gasteiger partial charge is 0.330 e. The van der Waals surface area contributed by atoms with Gasteiger partial charge in [-0.2, -0.15) is 0 Å². The molecular formula is C51H50N6O8S. The summed E-state index contributed by atoms with van der Waals surface area (Å²) in [4.78, 5) is 56.3. The molecule has 3 N–H and O–H groups in total. The van der Waals surface area contributed by atoms with Gasteiger partial charge >= 0.3 is 5.69 Å². The van der Waals surface area contributed by atoms with Gasteiger partial charge in [-0.05, 0) is 95.9 Å². The molecule has 1 amide bonds. The summed E-state index contributed by atoms with van der Waals surface area (Å²) in [6.45, 7) is 0.377. The third kappa shape index (κ3) is 10.6. The Morgan fingerprint density at radius 2 is 1.41 bits per heavy atom. The minimum atomic E-state index is -1.16. The molecule has 5 heterocycles. The lowest BCUT2D eigenvalue weighted by molar-refractivity contribution is -0.121. The molecule has 15 heteroatoms. The zero-order chi connectivity index (χ0) is 45.9. The van der Waals surface area contributed by atoms with Gasteiger partial charge in [0, 0.05) is 48.4 Å². The number of H-pyrrole nitrogens is 1. The predicted molar refractivity (Wildman–Crippen MR) is 251 cm³/mol. The number of benzene rings is 3. The number of aliphatic hydroxyl groups excluding tert-OH is 1. The molecule has 0 radical (unpaired) electrons. The zero-order valence-corrected chi connectivity index (χ0v) is 37.4. The second kappa shape index (κ2) is 21.4. The van der Waals surface area contributed by atoms with E-state index in [4.69, 9.17) is 23.9 Å². The number of aromatic amines is 1. The summed E-state index contributed by atoms with van der Waals surface area (Å²) in [5.41, 5.74) is 3.29. The number of carbonyl (C=O) groups excluding carboxylic acids is 1. The van der Waals surface area contributed by atoms with Crippen molar-refractivity contribution in [1.82, 2.24) is 29.8 Å². The van der Waals surface area contributed by atoms with Crippen LogP contribution in [0.5, 0.6) is 11.5 Å². The number of thioether (sulfide) groups is 1. The maximum absolute atomic E-state index is 13.2. The normalized spacial score (nSPS) is 15.9. The first-order chi connectivity index (χ1) is 32.2. The van der Waals surface area contributed by atoms with Crippen LogP contribution in [0.25, 0.3) is 22.8 Å². The van der Waals surface area contributed by atoms with Crippen molar-refractivity contribution in [2.24, 2.45) is 0 Å². The molecule has 14 nitrogen and oxygen atoms in total. The number of nitrogens with one attached hydrogen (secondary N) is 2. The number of methoxy groups -OCH3 is 2. The van der Waals surface area contributed by atoms with Crippen molar-refractivity contribution in [2.45, 2.75) is 54.6 Å². The van der Waals surface area contributed by atoms with E-state index in [1.54, 1.807) is 38.4 Å². The van der Waals surface area contributed by atoms with Gasteiger partial charge in [-0.3, -0.25) is 29.1 Å². The fourth-order valence-electron chi connectivity index (χ4n) is 7.94. The first-order valence-electron chi connectivity index (χ1n) is 21.6. The van der Waals surface area contributed by atoms with Gasteiger partial charge < -0.3 is 29.4 Å². The Morgan fingerprint density at radius 3 is 1.98 bits per heavy atom. The van der Waals surface area contributed by atoms with E-state index in [2.05, 4.69) is 20.3 Å². The number of hydrogen-bond acceptors (Lipinski definition) is 12. The van der Waals surface area contributed by atoms with Gasteiger partial charge in [0.25, 0.3) is 5.56 Å². The molecule has 0 aliphatic carbocycles. The summed E-state index contributed by atoms with van der Waals surface area (Å²) in [6.07, 6.45) is 3.01. The molecule has 0 bridgehead atoms. The van der Waals surface area contributed by atoms with Gasteiger partial charge in [0.1, 0.15) is 29.4 Å². The molecule has 1 aliphatic rings. The average Bonchev–Trinajstić information content (AvgIpc) is 3.74. The maximum Gasteiger partial charge on any atom is 0.330 e.